The van der Waals surface area contributed by atoms with E-state index in [-0.39, 0.29) is 21.5 Å². The second-order valence-corrected chi connectivity index (χ2v) is 4.41. The summed E-state index contributed by atoms with van der Waals surface area (Å²) in [6.45, 7) is 0. The van der Waals surface area contributed by atoms with Crippen molar-refractivity contribution in [1.82, 2.24) is 10.2 Å². The molecule has 0 bridgehead atoms. The zero-order valence-corrected chi connectivity index (χ0v) is 10.9. The van der Waals surface area contributed by atoms with Gasteiger partial charge in [-0.2, -0.15) is 5.10 Å². The van der Waals surface area contributed by atoms with Gasteiger partial charge in [0.05, 0.1) is 4.47 Å². The van der Waals surface area contributed by atoms with E-state index in [0.29, 0.717) is 0 Å². The predicted octanol–water partition coefficient (Wildman–Crippen LogP) is 2.26. The Hall–Kier alpha value is -2.22. The van der Waals surface area contributed by atoms with Crippen LogP contribution in [0.2, 0.25) is 0 Å². The minimum Gasteiger partial charge on any atom is -0.477 e. The highest BCUT2D eigenvalue weighted by molar-refractivity contribution is 9.10. The van der Waals surface area contributed by atoms with Crippen LogP contribution in [0.25, 0.3) is 0 Å². The van der Waals surface area contributed by atoms with Crippen molar-refractivity contribution in [2.75, 3.05) is 5.32 Å². The van der Waals surface area contributed by atoms with Crippen LogP contribution in [0.3, 0.4) is 0 Å². The first-order valence-corrected chi connectivity index (χ1v) is 5.82. The Morgan fingerprint density at radius 3 is 2.68 bits per heavy atom. The van der Waals surface area contributed by atoms with Crippen LogP contribution < -0.4 is 5.32 Å². The number of anilines is 1. The zero-order chi connectivity index (χ0) is 14.0. The highest BCUT2D eigenvalue weighted by Gasteiger charge is 2.12. The molecule has 0 spiro atoms. The Balaban J connectivity index is 2.15. The van der Waals surface area contributed by atoms with E-state index in [1.807, 2.05) is 0 Å². The third kappa shape index (κ3) is 2.97. The number of nitrogens with zero attached hydrogens (tertiary/aromatic N) is 1. The Labute approximate surface area is 114 Å². The van der Waals surface area contributed by atoms with Gasteiger partial charge in [-0.25, -0.2) is 9.18 Å². The number of hydrogen-bond acceptors (Lipinski definition) is 3. The number of carbonyl (C=O) groups excluding carboxylic acids is 1. The molecule has 0 radical (unpaired) electrons. The molecule has 0 aliphatic rings. The molecule has 8 heteroatoms. The molecular weight excluding hydrogens is 321 g/mol. The van der Waals surface area contributed by atoms with Gasteiger partial charge < -0.3 is 10.4 Å². The van der Waals surface area contributed by atoms with Crippen molar-refractivity contribution in [3.8, 4) is 0 Å². The van der Waals surface area contributed by atoms with Crippen LogP contribution in [0.15, 0.2) is 28.7 Å². The average Bonchev–Trinajstić information content (AvgIpc) is 2.81. The van der Waals surface area contributed by atoms with Gasteiger partial charge in [-0.15, -0.1) is 0 Å². The molecular formula is C11H7BrFN3O3. The maximum Gasteiger partial charge on any atom is 0.353 e. The van der Waals surface area contributed by atoms with Gasteiger partial charge in [0, 0.05) is 11.6 Å². The molecule has 6 nitrogen and oxygen atoms in total. The summed E-state index contributed by atoms with van der Waals surface area (Å²) in [6, 6.07) is 4.95. The van der Waals surface area contributed by atoms with Crippen molar-refractivity contribution in [3.05, 3.63) is 45.8 Å². The summed E-state index contributed by atoms with van der Waals surface area (Å²) in [5.41, 5.74) is 0.0729. The first-order chi connectivity index (χ1) is 8.97. The SMILES string of the molecule is O=C(Nc1cc(C(=O)O)[nH]n1)c1ccc(F)c(Br)c1. The first kappa shape index (κ1) is 13.2. The molecule has 0 fully saturated rings. The highest BCUT2D eigenvalue weighted by Crippen LogP contribution is 2.17. The van der Waals surface area contributed by atoms with Gasteiger partial charge in [0.1, 0.15) is 11.5 Å². The van der Waals surface area contributed by atoms with Crippen LogP contribution in [0.5, 0.6) is 0 Å². The van der Waals surface area contributed by atoms with Gasteiger partial charge in [-0.1, -0.05) is 0 Å². The molecule has 0 aliphatic carbocycles. The Morgan fingerprint density at radius 2 is 2.11 bits per heavy atom. The lowest BCUT2D eigenvalue weighted by Gasteiger charge is -2.02. The number of nitrogens with one attached hydrogen (secondary N) is 2. The van der Waals surface area contributed by atoms with E-state index in [1.54, 1.807) is 0 Å². The lowest BCUT2D eigenvalue weighted by atomic mass is 10.2. The van der Waals surface area contributed by atoms with Gasteiger partial charge in [0.2, 0.25) is 0 Å². The summed E-state index contributed by atoms with van der Waals surface area (Å²) >= 11 is 2.97. The second-order valence-electron chi connectivity index (χ2n) is 3.56. The largest absolute Gasteiger partial charge is 0.477 e. The second kappa shape index (κ2) is 5.19. The minimum atomic E-state index is -1.18. The molecule has 0 atom stereocenters. The number of carboxylic acids is 1. The summed E-state index contributed by atoms with van der Waals surface area (Å²) in [4.78, 5) is 22.4. The lowest BCUT2D eigenvalue weighted by Crippen LogP contribution is -2.12. The third-order valence-electron chi connectivity index (χ3n) is 2.23. The molecule has 2 aromatic rings. The maximum absolute atomic E-state index is 13.0. The summed E-state index contributed by atoms with van der Waals surface area (Å²) in [6.07, 6.45) is 0. The monoisotopic (exact) mass is 327 g/mol. The van der Waals surface area contributed by atoms with E-state index < -0.39 is 17.7 Å². The topological polar surface area (TPSA) is 95.1 Å². The number of carboxylic acid groups (broad SMARTS) is 1. The van der Waals surface area contributed by atoms with Crippen LogP contribution in [0.1, 0.15) is 20.8 Å². The van der Waals surface area contributed by atoms with Crippen molar-refractivity contribution in [2.45, 2.75) is 0 Å². The van der Waals surface area contributed by atoms with Crippen LogP contribution in [-0.2, 0) is 0 Å². The minimum absolute atomic E-state index is 0.0721. The average molecular weight is 328 g/mol. The Bertz CT molecular complexity index is 656. The van der Waals surface area contributed by atoms with E-state index in [9.17, 15) is 14.0 Å². The van der Waals surface area contributed by atoms with Gasteiger partial charge in [-0.05, 0) is 34.1 Å². The molecule has 1 aromatic heterocycles. The number of aromatic amines is 1. The van der Waals surface area contributed by atoms with Crippen molar-refractivity contribution < 1.29 is 19.1 Å². The number of halogens is 2. The zero-order valence-electron chi connectivity index (χ0n) is 9.28. The normalized spacial score (nSPS) is 10.2. The molecule has 0 saturated carbocycles. The number of H-pyrrole nitrogens is 1. The fourth-order valence-corrected chi connectivity index (χ4v) is 1.70. The van der Waals surface area contributed by atoms with Crippen LogP contribution in [0.4, 0.5) is 10.2 Å². The molecule has 0 unspecified atom stereocenters. The summed E-state index contributed by atoms with van der Waals surface area (Å²) in [5, 5.41) is 16.9. The quantitative estimate of drug-likeness (QED) is 0.805. The summed E-state index contributed by atoms with van der Waals surface area (Å²) in [7, 11) is 0. The maximum atomic E-state index is 13.0. The first-order valence-electron chi connectivity index (χ1n) is 5.02. The fourth-order valence-electron chi connectivity index (χ4n) is 1.32. The van der Waals surface area contributed by atoms with E-state index in [2.05, 4.69) is 31.4 Å². The van der Waals surface area contributed by atoms with E-state index >= 15 is 0 Å². The standard InChI is InChI=1S/C11H7BrFN3O3/c12-6-3-5(1-2-7(6)13)10(17)14-9-4-8(11(18)19)15-16-9/h1-4H,(H,18,19)(H2,14,15,16,17). The molecule has 1 aromatic carbocycles. The fraction of sp³-hybridized carbons (Fsp3) is 0. The molecule has 0 saturated heterocycles. The number of hydrogen-bond donors (Lipinski definition) is 3. The van der Waals surface area contributed by atoms with Gasteiger partial charge in [0.15, 0.2) is 5.82 Å². The number of rotatable bonds is 3. The highest BCUT2D eigenvalue weighted by atomic mass is 79.9. The van der Waals surface area contributed by atoms with Gasteiger partial charge in [-0.3, -0.25) is 9.89 Å². The molecule has 98 valence electrons. The van der Waals surface area contributed by atoms with Crippen molar-refractivity contribution >= 4 is 33.6 Å². The molecule has 19 heavy (non-hydrogen) atoms. The molecule has 2 rings (SSSR count). The van der Waals surface area contributed by atoms with Crippen LogP contribution in [-0.4, -0.2) is 27.2 Å². The van der Waals surface area contributed by atoms with Crippen molar-refractivity contribution in [2.24, 2.45) is 0 Å². The molecule has 3 N–H and O–H groups in total. The lowest BCUT2D eigenvalue weighted by molar-refractivity contribution is 0.0690. The Kier molecular flexibility index (Phi) is 3.61. The number of amides is 1. The Morgan fingerprint density at radius 1 is 1.37 bits per heavy atom. The number of benzene rings is 1. The number of carbonyl (C=O) groups is 2. The van der Waals surface area contributed by atoms with Crippen LogP contribution >= 0.6 is 15.9 Å². The number of aromatic carboxylic acids is 1. The third-order valence-corrected chi connectivity index (χ3v) is 2.84. The molecule has 0 aliphatic heterocycles. The van der Waals surface area contributed by atoms with E-state index in [0.717, 1.165) is 6.07 Å². The van der Waals surface area contributed by atoms with E-state index in [1.165, 1.54) is 18.2 Å². The van der Waals surface area contributed by atoms with Crippen molar-refractivity contribution in [1.29, 1.82) is 0 Å². The molecule has 1 amide bonds. The molecule has 1 heterocycles. The predicted molar refractivity (Wildman–Crippen MR) is 67.6 cm³/mol. The summed E-state index contributed by atoms with van der Waals surface area (Å²) < 4.78 is 13.2. The smallest absolute Gasteiger partial charge is 0.353 e. The van der Waals surface area contributed by atoms with E-state index in [4.69, 9.17) is 5.11 Å². The van der Waals surface area contributed by atoms with Crippen LogP contribution in [0, 0.1) is 5.82 Å². The van der Waals surface area contributed by atoms with Gasteiger partial charge in [0.25, 0.3) is 5.91 Å². The summed E-state index contributed by atoms with van der Waals surface area (Å²) in [5.74, 6) is -2.12. The number of aromatic nitrogens is 2. The van der Waals surface area contributed by atoms with Crippen molar-refractivity contribution in [3.63, 3.8) is 0 Å². The van der Waals surface area contributed by atoms with Gasteiger partial charge >= 0.3 is 5.97 Å².